The van der Waals surface area contributed by atoms with E-state index in [2.05, 4.69) is 0 Å². The number of nitrogens with two attached hydrogens (primary N) is 1. The second-order valence-electron chi connectivity index (χ2n) is 8.87. The lowest BCUT2D eigenvalue weighted by molar-refractivity contribution is -0.190. The van der Waals surface area contributed by atoms with Gasteiger partial charge in [0.2, 0.25) is 5.91 Å². The van der Waals surface area contributed by atoms with Gasteiger partial charge in [-0.05, 0) is 56.6 Å². The van der Waals surface area contributed by atoms with Gasteiger partial charge in [-0.2, -0.15) is 0 Å². The smallest absolute Gasteiger partial charge is 0.249 e. The van der Waals surface area contributed by atoms with Crippen LogP contribution in [0.1, 0.15) is 39.5 Å². The third kappa shape index (κ3) is 1.87. The molecule has 0 heterocycles. The van der Waals surface area contributed by atoms with E-state index in [1.807, 2.05) is 0 Å². The van der Waals surface area contributed by atoms with Gasteiger partial charge in [-0.15, -0.1) is 0 Å². The van der Waals surface area contributed by atoms with Crippen molar-refractivity contribution in [1.82, 2.24) is 0 Å². The average Bonchev–Trinajstić information content (AvgIpc) is 2.83. The largest absolute Gasteiger partial charge is 0.390 e. The summed E-state index contributed by atoms with van der Waals surface area (Å²) in [6.45, 7) is 3.51. The minimum Gasteiger partial charge on any atom is -0.390 e. The molecule has 0 radical (unpaired) electrons. The molecule has 4 N–H and O–H groups in total. The minimum absolute atomic E-state index is 0.00783. The Kier molecular flexibility index (Phi) is 3.61. The Morgan fingerprint density at radius 3 is 2.69 bits per heavy atom. The summed E-state index contributed by atoms with van der Waals surface area (Å²) in [6, 6.07) is 0. The molecule has 8 atom stereocenters. The molecule has 6 heteroatoms. The van der Waals surface area contributed by atoms with Crippen LogP contribution in [0, 0.1) is 29.1 Å². The Balaban J connectivity index is 1.80. The second-order valence-corrected chi connectivity index (χ2v) is 8.87. The molecule has 4 rings (SSSR count). The van der Waals surface area contributed by atoms with E-state index in [1.54, 1.807) is 19.9 Å². The van der Waals surface area contributed by atoms with E-state index in [9.17, 15) is 19.8 Å². The normalized spacial score (nSPS) is 52.7. The van der Waals surface area contributed by atoms with Crippen LogP contribution in [-0.4, -0.2) is 39.3 Å². The molecule has 5 nitrogen and oxygen atoms in total. The number of fused-ring (bicyclic) bond motifs is 5. The zero-order valence-corrected chi connectivity index (χ0v) is 15.1. The van der Waals surface area contributed by atoms with Crippen LogP contribution in [0.2, 0.25) is 0 Å². The van der Waals surface area contributed by atoms with E-state index in [1.165, 1.54) is 12.2 Å². The number of ketones is 1. The van der Waals surface area contributed by atoms with E-state index < -0.39 is 40.5 Å². The highest BCUT2D eigenvalue weighted by Crippen LogP contribution is 2.66. The first-order valence-electron chi connectivity index (χ1n) is 9.40. The predicted molar refractivity (Wildman–Crippen MR) is 92.4 cm³/mol. The molecule has 0 bridgehead atoms. The first-order chi connectivity index (χ1) is 12.1. The number of allylic oxidation sites excluding steroid dienone is 4. The fraction of sp³-hybridized carbons (Fsp3) is 0.700. The van der Waals surface area contributed by atoms with E-state index in [4.69, 9.17) is 5.73 Å². The fourth-order valence-electron chi connectivity index (χ4n) is 6.54. The number of carbonyl (C=O) groups excluding carboxylic acids is 2. The van der Waals surface area contributed by atoms with Crippen molar-refractivity contribution < 1.29 is 24.2 Å². The maximum absolute atomic E-state index is 16.6. The number of halogens is 1. The van der Waals surface area contributed by atoms with Crippen molar-refractivity contribution in [2.45, 2.75) is 56.9 Å². The summed E-state index contributed by atoms with van der Waals surface area (Å²) in [5.74, 6) is -2.57. The Labute approximate surface area is 152 Å². The Morgan fingerprint density at radius 1 is 1.35 bits per heavy atom. The molecule has 0 saturated heterocycles. The lowest BCUT2D eigenvalue weighted by atomic mass is 9.48. The molecule has 142 valence electrons. The van der Waals surface area contributed by atoms with Crippen LogP contribution in [0.25, 0.3) is 0 Å². The number of hydrogen-bond acceptors (Lipinski definition) is 4. The highest BCUT2D eigenvalue weighted by atomic mass is 19.1. The van der Waals surface area contributed by atoms with Gasteiger partial charge in [0.1, 0.15) is 5.60 Å². The minimum atomic E-state index is -1.93. The lowest BCUT2D eigenvalue weighted by Crippen LogP contribution is -2.66. The number of carbonyl (C=O) groups is 2. The number of amides is 1. The summed E-state index contributed by atoms with van der Waals surface area (Å²) >= 11 is 0. The van der Waals surface area contributed by atoms with Gasteiger partial charge in [0, 0.05) is 17.3 Å². The summed E-state index contributed by atoms with van der Waals surface area (Å²) in [5.41, 5.74) is 1.53. The Hall–Kier alpha value is -1.53. The molecule has 26 heavy (non-hydrogen) atoms. The molecule has 4 aliphatic carbocycles. The maximum Gasteiger partial charge on any atom is 0.249 e. The average molecular weight is 363 g/mol. The summed E-state index contributed by atoms with van der Waals surface area (Å²) in [7, 11) is 0. The number of aliphatic hydroxyl groups is 2. The number of aliphatic hydroxyl groups excluding tert-OH is 1. The van der Waals surface area contributed by atoms with Gasteiger partial charge in [-0.25, -0.2) is 4.39 Å². The van der Waals surface area contributed by atoms with Crippen LogP contribution in [0.3, 0.4) is 0 Å². The Morgan fingerprint density at radius 2 is 2.04 bits per heavy atom. The molecular formula is C20H26FNO4. The maximum atomic E-state index is 16.6. The third-order valence-corrected chi connectivity index (χ3v) is 7.96. The molecule has 0 aliphatic heterocycles. The molecule has 0 aromatic rings. The van der Waals surface area contributed by atoms with Gasteiger partial charge in [0.05, 0.1) is 6.10 Å². The van der Waals surface area contributed by atoms with Crippen molar-refractivity contribution in [2.24, 2.45) is 34.8 Å². The first-order valence-corrected chi connectivity index (χ1v) is 9.40. The van der Waals surface area contributed by atoms with Gasteiger partial charge >= 0.3 is 0 Å². The van der Waals surface area contributed by atoms with Crippen molar-refractivity contribution in [3.8, 4) is 0 Å². The molecule has 0 aromatic heterocycles. The van der Waals surface area contributed by atoms with Gasteiger partial charge in [0.15, 0.2) is 11.5 Å². The van der Waals surface area contributed by atoms with Crippen molar-refractivity contribution in [2.75, 3.05) is 0 Å². The lowest BCUT2D eigenvalue weighted by Gasteiger charge is -2.59. The number of hydrogen-bond donors (Lipinski definition) is 3. The predicted octanol–water partition coefficient (Wildman–Crippen LogP) is 1.43. The van der Waals surface area contributed by atoms with Gasteiger partial charge in [-0.3, -0.25) is 9.59 Å². The number of alkyl halides is 1. The van der Waals surface area contributed by atoms with Crippen molar-refractivity contribution in [3.63, 3.8) is 0 Å². The molecule has 4 aliphatic rings. The number of rotatable bonds is 1. The van der Waals surface area contributed by atoms with Gasteiger partial charge in [0.25, 0.3) is 0 Å². The SMILES string of the molecule is C[C@@H]1C[C@H]2[C@H](C[C@H](O)[C@@]3(F)[C@H]2CCC2=CC(=O)C=C[C@@]23C)[C@@]1(O)C(N)=O. The summed E-state index contributed by atoms with van der Waals surface area (Å²) < 4.78 is 16.6. The quantitative estimate of drug-likeness (QED) is 0.656. The molecule has 0 spiro atoms. The van der Waals surface area contributed by atoms with Crippen molar-refractivity contribution in [1.29, 1.82) is 0 Å². The summed E-state index contributed by atoms with van der Waals surface area (Å²) in [4.78, 5) is 23.8. The highest BCUT2D eigenvalue weighted by molar-refractivity contribution is 6.01. The first kappa shape index (κ1) is 17.9. The standard InChI is InChI=1S/C20H26FNO4/c1-10-7-13-14-4-3-11-8-12(23)5-6-18(11,2)20(14,21)16(24)9-15(13)19(10,26)17(22)25/h5-6,8,10,13-16,24,26H,3-4,7,9H2,1-2H3,(H2,22,25)/t10-,13-,14+,15+,16+,18+,19-,20+/m1/s1. The van der Waals surface area contributed by atoms with Crippen LogP contribution in [0.4, 0.5) is 4.39 Å². The summed E-state index contributed by atoms with van der Waals surface area (Å²) in [6.07, 6.45) is 4.68. The topological polar surface area (TPSA) is 101 Å². The van der Waals surface area contributed by atoms with Crippen LogP contribution in [0.5, 0.6) is 0 Å². The monoisotopic (exact) mass is 363 g/mol. The fourth-order valence-corrected chi connectivity index (χ4v) is 6.54. The molecule has 0 unspecified atom stereocenters. The van der Waals surface area contributed by atoms with Crippen LogP contribution in [0.15, 0.2) is 23.8 Å². The highest BCUT2D eigenvalue weighted by Gasteiger charge is 2.71. The molecule has 3 saturated carbocycles. The molecular weight excluding hydrogens is 337 g/mol. The molecule has 0 aromatic carbocycles. The van der Waals surface area contributed by atoms with Gasteiger partial charge in [-0.1, -0.05) is 18.6 Å². The molecule has 1 amide bonds. The van der Waals surface area contributed by atoms with E-state index in [-0.39, 0.29) is 24.0 Å². The van der Waals surface area contributed by atoms with E-state index >= 15 is 4.39 Å². The van der Waals surface area contributed by atoms with Crippen molar-refractivity contribution in [3.05, 3.63) is 23.8 Å². The van der Waals surface area contributed by atoms with Gasteiger partial charge < -0.3 is 15.9 Å². The zero-order valence-electron chi connectivity index (χ0n) is 15.1. The number of primary amides is 1. The van der Waals surface area contributed by atoms with Crippen LogP contribution >= 0.6 is 0 Å². The molecule has 3 fully saturated rings. The summed E-state index contributed by atoms with van der Waals surface area (Å²) in [5, 5.41) is 21.9. The van der Waals surface area contributed by atoms with Crippen molar-refractivity contribution >= 4 is 11.7 Å². The third-order valence-electron chi connectivity index (χ3n) is 7.96. The zero-order chi connectivity index (χ0) is 19.1. The Bertz CT molecular complexity index is 748. The van der Waals surface area contributed by atoms with Crippen LogP contribution in [-0.2, 0) is 9.59 Å². The van der Waals surface area contributed by atoms with E-state index in [0.29, 0.717) is 19.3 Å². The second kappa shape index (κ2) is 5.26. The van der Waals surface area contributed by atoms with Crippen LogP contribution < -0.4 is 5.73 Å². The van der Waals surface area contributed by atoms with E-state index in [0.717, 1.165) is 5.57 Å².